The highest BCUT2D eigenvalue weighted by molar-refractivity contribution is 5.47. The Morgan fingerprint density at radius 1 is 1.22 bits per heavy atom. The Kier molecular flexibility index (Phi) is 19.1. The average molecular weight is 248 g/mol. The largest absolute Gasteiger partial charge is 0.0991 e. The summed E-state index contributed by atoms with van der Waals surface area (Å²) in [6.07, 6.45) is 12.5. The van der Waals surface area contributed by atoms with Crippen LogP contribution in [0.4, 0.5) is 0 Å². The van der Waals surface area contributed by atoms with E-state index in [2.05, 4.69) is 31.4 Å². The zero-order valence-electron chi connectivity index (χ0n) is 12.2. The van der Waals surface area contributed by atoms with Crippen LogP contribution in [-0.2, 0) is 0 Å². The predicted molar refractivity (Wildman–Crippen MR) is 89.0 cm³/mol. The lowest BCUT2D eigenvalue weighted by Crippen LogP contribution is -1.93. The average Bonchev–Trinajstić information content (AvgIpc) is 2.41. The summed E-state index contributed by atoms with van der Waals surface area (Å²) in [7, 11) is 0. The summed E-state index contributed by atoms with van der Waals surface area (Å²) in [5.74, 6) is 0. The van der Waals surface area contributed by atoms with Gasteiger partial charge in [-0.05, 0) is 30.9 Å². The van der Waals surface area contributed by atoms with Crippen LogP contribution in [0.5, 0.6) is 0 Å². The third kappa shape index (κ3) is 8.81. The minimum absolute atomic E-state index is 0. The van der Waals surface area contributed by atoms with Gasteiger partial charge in [-0.25, -0.2) is 0 Å². The second-order valence-electron chi connectivity index (χ2n) is 3.26. The van der Waals surface area contributed by atoms with Gasteiger partial charge in [-0.15, -0.1) is 0 Å². The summed E-state index contributed by atoms with van der Waals surface area (Å²) >= 11 is 0. The molecular formula is C18H32. The second-order valence-corrected chi connectivity index (χ2v) is 3.26. The molecule has 0 aromatic rings. The molecule has 0 fully saturated rings. The standard InChI is InChI=1S/C13H16.2C2H6.CH4/c1-4-5-8-12-9-6-7-10-13(12)11(2)3;2*1-2;/h4-5,7-8,10H,1-2,6,9H2,3H3;2*1-2H3;1H4/b8-5-;;;. The summed E-state index contributed by atoms with van der Waals surface area (Å²) in [4.78, 5) is 0. The van der Waals surface area contributed by atoms with Crippen LogP contribution in [0.25, 0.3) is 0 Å². The van der Waals surface area contributed by atoms with Crippen LogP contribution in [0.15, 0.2) is 60.3 Å². The fourth-order valence-corrected chi connectivity index (χ4v) is 1.46. The van der Waals surface area contributed by atoms with Gasteiger partial charge in [-0.2, -0.15) is 0 Å². The molecule has 0 heteroatoms. The molecule has 0 saturated heterocycles. The number of rotatable bonds is 3. The van der Waals surface area contributed by atoms with E-state index in [0.29, 0.717) is 0 Å². The summed E-state index contributed by atoms with van der Waals surface area (Å²) in [6.45, 7) is 17.7. The highest BCUT2D eigenvalue weighted by atomic mass is 14.1. The molecule has 0 aliphatic heterocycles. The van der Waals surface area contributed by atoms with E-state index < -0.39 is 0 Å². The van der Waals surface area contributed by atoms with Gasteiger partial charge in [0.25, 0.3) is 0 Å². The molecular weight excluding hydrogens is 216 g/mol. The van der Waals surface area contributed by atoms with E-state index >= 15 is 0 Å². The molecule has 0 atom stereocenters. The predicted octanol–water partition coefficient (Wildman–Crippen LogP) is 6.64. The minimum atomic E-state index is 0. The quantitative estimate of drug-likeness (QED) is 0.491. The summed E-state index contributed by atoms with van der Waals surface area (Å²) in [5, 5.41) is 0. The van der Waals surface area contributed by atoms with Gasteiger partial charge < -0.3 is 0 Å². The van der Waals surface area contributed by atoms with E-state index in [4.69, 9.17) is 0 Å². The van der Waals surface area contributed by atoms with Crippen LogP contribution < -0.4 is 0 Å². The summed E-state index contributed by atoms with van der Waals surface area (Å²) in [5.41, 5.74) is 3.79. The Morgan fingerprint density at radius 2 is 1.78 bits per heavy atom. The number of hydrogen-bond donors (Lipinski definition) is 0. The fourth-order valence-electron chi connectivity index (χ4n) is 1.46. The molecule has 0 aromatic carbocycles. The van der Waals surface area contributed by atoms with Crippen molar-refractivity contribution in [2.24, 2.45) is 0 Å². The van der Waals surface area contributed by atoms with Crippen molar-refractivity contribution < 1.29 is 0 Å². The first-order valence-corrected chi connectivity index (χ1v) is 6.60. The van der Waals surface area contributed by atoms with E-state index in [9.17, 15) is 0 Å². The first-order chi connectivity index (χ1) is 8.25. The lowest BCUT2D eigenvalue weighted by Gasteiger charge is -2.12. The topological polar surface area (TPSA) is 0 Å². The van der Waals surface area contributed by atoms with Gasteiger partial charge in [0.05, 0.1) is 0 Å². The van der Waals surface area contributed by atoms with Crippen molar-refractivity contribution in [3.63, 3.8) is 0 Å². The molecule has 0 saturated carbocycles. The van der Waals surface area contributed by atoms with Crippen molar-refractivity contribution in [2.75, 3.05) is 0 Å². The Bertz CT molecular complexity index is 298. The van der Waals surface area contributed by atoms with Crippen LogP contribution in [0.3, 0.4) is 0 Å². The first kappa shape index (κ1) is 21.9. The first-order valence-electron chi connectivity index (χ1n) is 6.60. The normalized spacial score (nSPS) is 12.7. The molecule has 0 N–H and O–H groups in total. The fraction of sp³-hybridized carbons (Fsp3) is 0.444. The van der Waals surface area contributed by atoms with Gasteiger partial charge in [0.15, 0.2) is 0 Å². The van der Waals surface area contributed by atoms with Gasteiger partial charge in [-0.1, -0.05) is 84.2 Å². The summed E-state index contributed by atoms with van der Waals surface area (Å²) in [6, 6.07) is 0. The smallest absolute Gasteiger partial charge is 0.0204 e. The molecule has 0 radical (unpaired) electrons. The molecule has 0 aromatic heterocycles. The van der Waals surface area contributed by atoms with Gasteiger partial charge in [0.1, 0.15) is 0 Å². The van der Waals surface area contributed by atoms with Crippen molar-refractivity contribution in [1.29, 1.82) is 0 Å². The molecule has 1 aliphatic carbocycles. The van der Waals surface area contributed by atoms with Crippen LogP contribution in [-0.4, -0.2) is 0 Å². The van der Waals surface area contributed by atoms with Crippen LogP contribution in [0, 0.1) is 0 Å². The molecule has 1 rings (SSSR count). The molecule has 0 spiro atoms. The van der Waals surface area contributed by atoms with E-state index in [0.717, 1.165) is 18.4 Å². The Labute approximate surface area is 116 Å². The highest BCUT2D eigenvalue weighted by Gasteiger charge is 2.05. The number of hydrogen-bond acceptors (Lipinski definition) is 0. The Hall–Kier alpha value is -1.30. The maximum Gasteiger partial charge on any atom is -0.0204 e. The van der Waals surface area contributed by atoms with E-state index in [1.165, 1.54) is 11.1 Å². The SMILES string of the molecule is C.C=C/C=C\C1=C(C(=C)C)C=CCC1.CC.CC. The van der Waals surface area contributed by atoms with Gasteiger partial charge in [0.2, 0.25) is 0 Å². The van der Waals surface area contributed by atoms with E-state index in [1.54, 1.807) is 6.08 Å². The molecule has 1 aliphatic rings. The minimum Gasteiger partial charge on any atom is -0.0991 e. The molecule has 0 amide bonds. The van der Waals surface area contributed by atoms with Crippen molar-refractivity contribution >= 4 is 0 Å². The monoisotopic (exact) mass is 248 g/mol. The van der Waals surface area contributed by atoms with Crippen LogP contribution >= 0.6 is 0 Å². The summed E-state index contributed by atoms with van der Waals surface area (Å²) < 4.78 is 0. The molecule has 0 heterocycles. The molecule has 18 heavy (non-hydrogen) atoms. The maximum atomic E-state index is 3.97. The van der Waals surface area contributed by atoms with E-state index in [1.807, 2.05) is 40.7 Å². The number of allylic oxidation sites excluding steroid dienone is 8. The van der Waals surface area contributed by atoms with Crippen molar-refractivity contribution in [3.8, 4) is 0 Å². The zero-order chi connectivity index (χ0) is 13.7. The zero-order valence-corrected chi connectivity index (χ0v) is 12.2. The lowest BCUT2D eigenvalue weighted by atomic mass is 9.93. The second kappa shape index (κ2) is 15.7. The third-order valence-corrected chi connectivity index (χ3v) is 2.10. The lowest BCUT2D eigenvalue weighted by molar-refractivity contribution is 0.972. The Balaban J connectivity index is -0.000000409. The molecule has 104 valence electrons. The highest BCUT2D eigenvalue weighted by Crippen LogP contribution is 2.24. The van der Waals surface area contributed by atoms with Crippen LogP contribution in [0.1, 0.15) is 54.9 Å². The van der Waals surface area contributed by atoms with Crippen LogP contribution in [0.2, 0.25) is 0 Å². The Morgan fingerprint density at radius 3 is 2.22 bits per heavy atom. The van der Waals surface area contributed by atoms with Gasteiger partial charge in [0, 0.05) is 0 Å². The molecule has 0 nitrogen and oxygen atoms in total. The maximum absolute atomic E-state index is 3.97. The molecule has 0 bridgehead atoms. The van der Waals surface area contributed by atoms with Crippen molar-refractivity contribution in [2.45, 2.75) is 54.9 Å². The van der Waals surface area contributed by atoms with Gasteiger partial charge >= 0.3 is 0 Å². The van der Waals surface area contributed by atoms with E-state index in [-0.39, 0.29) is 7.43 Å². The third-order valence-electron chi connectivity index (χ3n) is 2.10. The van der Waals surface area contributed by atoms with Crippen molar-refractivity contribution in [3.05, 3.63) is 60.3 Å². The van der Waals surface area contributed by atoms with Crippen molar-refractivity contribution in [1.82, 2.24) is 0 Å². The van der Waals surface area contributed by atoms with Gasteiger partial charge in [-0.3, -0.25) is 0 Å². The molecule has 0 unspecified atom stereocenters.